The summed E-state index contributed by atoms with van der Waals surface area (Å²) in [7, 11) is 0. The molecule has 0 aromatic heterocycles. The van der Waals surface area contributed by atoms with Crippen LogP contribution in [-0.2, 0) is 0 Å². The molecule has 1 rings (SSSR count). The fraction of sp³-hybridized carbons (Fsp3) is 1.00. The average Bonchev–Trinajstić information content (AvgIpc) is 2.30. The van der Waals surface area contributed by atoms with E-state index in [2.05, 4.69) is 24.1 Å². The number of hydrogen-bond acceptors (Lipinski definition) is 3. The number of piperidine rings is 1. The number of thioether (sulfide) groups is 1. The van der Waals surface area contributed by atoms with Gasteiger partial charge in [0, 0.05) is 12.6 Å². The number of hydrogen-bond donors (Lipinski definition) is 1. The SMILES string of the molecule is CCSCCCNC(C)CN1CCCCC1. The van der Waals surface area contributed by atoms with E-state index in [1.165, 1.54) is 63.4 Å². The second kappa shape index (κ2) is 9.32. The molecule has 0 amide bonds. The van der Waals surface area contributed by atoms with Gasteiger partial charge in [0.05, 0.1) is 0 Å². The normalized spacial score (nSPS) is 19.9. The van der Waals surface area contributed by atoms with Gasteiger partial charge in [0.1, 0.15) is 0 Å². The summed E-state index contributed by atoms with van der Waals surface area (Å²) < 4.78 is 0. The average molecular weight is 244 g/mol. The molecule has 1 aliphatic rings. The highest BCUT2D eigenvalue weighted by Crippen LogP contribution is 2.08. The first-order chi connectivity index (χ1) is 7.83. The van der Waals surface area contributed by atoms with Crippen molar-refractivity contribution >= 4 is 11.8 Å². The number of rotatable bonds is 8. The third-order valence-corrected chi connectivity index (χ3v) is 4.13. The molecule has 2 nitrogen and oxygen atoms in total. The minimum atomic E-state index is 0.657. The highest BCUT2D eigenvalue weighted by atomic mass is 32.2. The second-order valence-electron chi connectivity index (χ2n) is 4.77. The molecule has 0 aromatic rings. The third-order valence-electron chi connectivity index (χ3n) is 3.14. The van der Waals surface area contributed by atoms with E-state index in [1.54, 1.807) is 0 Å². The molecule has 96 valence electrons. The Hall–Kier alpha value is 0.270. The number of likely N-dealkylation sites (tertiary alicyclic amines) is 1. The van der Waals surface area contributed by atoms with E-state index < -0.39 is 0 Å². The topological polar surface area (TPSA) is 15.3 Å². The van der Waals surface area contributed by atoms with Crippen LogP contribution in [0.4, 0.5) is 0 Å². The van der Waals surface area contributed by atoms with Gasteiger partial charge in [-0.1, -0.05) is 13.3 Å². The first-order valence-electron chi connectivity index (χ1n) is 6.86. The minimum Gasteiger partial charge on any atom is -0.313 e. The van der Waals surface area contributed by atoms with Crippen LogP contribution in [0.5, 0.6) is 0 Å². The quantitative estimate of drug-likeness (QED) is 0.661. The lowest BCUT2D eigenvalue weighted by molar-refractivity contribution is 0.209. The molecule has 1 heterocycles. The lowest BCUT2D eigenvalue weighted by Crippen LogP contribution is -2.41. The van der Waals surface area contributed by atoms with Crippen LogP contribution >= 0.6 is 11.8 Å². The molecule has 1 fully saturated rings. The molecule has 3 heteroatoms. The molecule has 0 saturated carbocycles. The van der Waals surface area contributed by atoms with Crippen molar-refractivity contribution < 1.29 is 0 Å². The first kappa shape index (κ1) is 14.3. The molecule has 1 unspecified atom stereocenters. The minimum absolute atomic E-state index is 0.657. The molecule has 1 atom stereocenters. The van der Waals surface area contributed by atoms with Crippen molar-refractivity contribution in [1.29, 1.82) is 0 Å². The summed E-state index contributed by atoms with van der Waals surface area (Å²) in [5.41, 5.74) is 0. The van der Waals surface area contributed by atoms with Crippen molar-refractivity contribution in [2.24, 2.45) is 0 Å². The molecule has 1 saturated heterocycles. The Balaban J connectivity index is 1.95. The van der Waals surface area contributed by atoms with Crippen molar-refractivity contribution in [2.45, 2.75) is 45.6 Å². The lowest BCUT2D eigenvalue weighted by Gasteiger charge is -2.29. The van der Waals surface area contributed by atoms with Crippen molar-refractivity contribution in [3.63, 3.8) is 0 Å². The molecule has 0 bridgehead atoms. The van der Waals surface area contributed by atoms with Gasteiger partial charge in [-0.25, -0.2) is 0 Å². The first-order valence-corrected chi connectivity index (χ1v) is 8.02. The Bertz CT molecular complexity index is 158. The molecule has 16 heavy (non-hydrogen) atoms. The summed E-state index contributed by atoms with van der Waals surface area (Å²) in [6.45, 7) is 9.61. The van der Waals surface area contributed by atoms with E-state index in [0.717, 1.165) is 0 Å². The van der Waals surface area contributed by atoms with E-state index in [0.29, 0.717) is 6.04 Å². The predicted molar refractivity (Wildman–Crippen MR) is 75.4 cm³/mol. The summed E-state index contributed by atoms with van der Waals surface area (Å²) in [4.78, 5) is 2.61. The molecule has 1 N–H and O–H groups in total. The number of nitrogens with one attached hydrogen (secondary N) is 1. The number of nitrogens with zero attached hydrogens (tertiary/aromatic N) is 1. The van der Waals surface area contributed by atoms with Crippen molar-refractivity contribution in [3.05, 3.63) is 0 Å². The lowest BCUT2D eigenvalue weighted by atomic mass is 10.1. The smallest absolute Gasteiger partial charge is 0.0166 e. The molecule has 0 radical (unpaired) electrons. The van der Waals surface area contributed by atoms with Crippen LogP contribution in [0.1, 0.15) is 39.5 Å². The highest BCUT2D eigenvalue weighted by Gasteiger charge is 2.12. The molecule has 0 aromatic carbocycles. The van der Waals surface area contributed by atoms with Gasteiger partial charge in [-0.3, -0.25) is 0 Å². The Labute approximate surface area is 106 Å². The van der Waals surface area contributed by atoms with Crippen LogP contribution in [0.2, 0.25) is 0 Å². The van der Waals surface area contributed by atoms with Crippen molar-refractivity contribution in [3.8, 4) is 0 Å². The zero-order chi connectivity index (χ0) is 11.6. The van der Waals surface area contributed by atoms with Crippen LogP contribution in [0, 0.1) is 0 Å². The maximum absolute atomic E-state index is 3.63. The maximum Gasteiger partial charge on any atom is 0.0166 e. The summed E-state index contributed by atoms with van der Waals surface area (Å²) in [5.74, 6) is 2.56. The van der Waals surface area contributed by atoms with Gasteiger partial charge in [-0.2, -0.15) is 11.8 Å². The molecular formula is C13H28N2S. The summed E-state index contributed by atoms with van der Waals surface area (Å²) in [6.07, 6.45) is 5.55. The van der Waals surface area contributed by atoms with Gasteiger partial charge in [-0.05, 0) is 57.3 Å². The van der Waals surface area contributed by atoms with Gasteiger partial charge >= 0.3 is 0 Å². The Morgan fingerprint density at radius 2 is 2.00 bits per heavy atom. The Kier molecular flexibility index (Phi) is 8.34. The van der Waals surface area contributed by atoms with Gasteiger partial charge in [-0.15, -0.1) is 0 Å². The van der Waals surface area contributed by atoms with Gasteiger partial charge in [0.2, 0.25) is 0 Å². The second-order valence-corrected chi connectivity index (χ2v) is 6.16. The van der Waals surface area contributed by atoms with Crippen LogP contribution in [0.15, 0.2) is 0 Å². The van der Waals surface area contributed by atoms with Crippen molar-refractivity contribution in [2.75, 3.05) is 37.7 Å². The van der Waals surface area contributed by atoms with E-state index in [9.17, 15) is 0 Å². The van der Waals surface area contributed by atoms with Crippen LogP contribution in [-0.4, -0.2) is 48.6 Å². The molecule has 0 spiro atoms. The van der Waals surface area contributed by atoms with Crippen molar-refractivity contribution in [1.82, 2.24) is 10.2 Å². The zero-order valence-corrected chi connectivity index (χ0v) is 11.8. The summed E-state index contributed by atoms with van der Waals surface area (Å²) in [6, 6.07) is 0.657. The molecule has 0 aliphatic carbocycles. The standard InChI is InChI=1S/C13H28N2S/c1-3-16-11-7-8-14-13(2)12-15-9-5-4-6-10-15/h13-14H,3-12H2,1-2H3. The van der Waals surface area contributed by atoms with Crippen LogP contribution in [0.3, 0.4) is 0 Å². The van der Waals surface area contributed by atoms with E-state index >= 15 is 0 Å². The van der Waals surface area contributed by atoms with Crippen LogP contribution in [0.25, 0.3) is 0 Å². The monoisotopic (exact) mass is 244 g/mol. The zero-order valence-electron chi connectivity index (χ0n) is 11.0. The largest absolute Gasteiger partial charge is 0.313 e. The van der Waals surface area contributed by atoms with E-state index in [1.807, 2.05) is 11.8 Å². The van der Waals surface area contributed by atoms with E-state index in [-0.39, 0.29) is 0 Å². The summed E-state index contributed by atoms with van der Waals surface area (Å²) >= 11 is 2.05. The van der Waals surface area contributed by atoms with Crippen LogP contribution < -0.4 is 5.32 Å². The Morgan fingerprint density at radius 1 is 1.25 bits per heavy atom. The Morgan fingerprint density at radius 3 is 2.69 bits per heavy atom. The summed E-state index contributed by atoms with van der Waals surface area (Å²) in [5, 5.41) is 3.63. The molecular weight excluding hydrogens is 216 g/mol. The molecule has 1 aliphatic heterocycles. The fourth-order valence-electron chi connectivity index (χ4n) is 2.26. The van der Waals surface area contributed by atoms with Gasteiger partial charge in [0.25, 0.3) is 0 Å². The van der Waals surface area contributed by atoms with Gasteiger partial charge < -0.3 is 10.2 Å². The fourth-order valence-corrected chi connectivity index (χ4v) is 2.90. The predicted octanol–water partition coefficient (Wildman–Crippen LogP) is 2.59. The van der Waals surface area contributed by atoms with E-state index in [4.69, 9.17) is 0 Å². The van der Waals surface area contributed by atoms with Gasteiger partial charge in [0.15, 0.2) is 0 Å². The maximum atomic E-state index is 3.63. The third kappa shape index (κ3) is 6.77. The highest BCUT2D eigenvalue weighted by molar-refractivity contribution is 7.99.